The van der Waals surface area contributed by atoms with E-state index in [1.165, 1.54) is 6.42 Å². The van der Waals surface area contributed by atoms with Crippen LogP contribution < -0.4 is 5.73 Å². The Morgan fingerprint density at radius 2 is 2.42 bits per heavy atom. The van der Waals surface area contributed by atoms with Crippen LogP contribution in [-0.4, -0.2) is 30.6 Å². The average Bonchev–Trinajstić information content (AvgIpc) is 2.40. The van der Waals surface area contributed by atoms with Crippen molar-refractivity contribution in [1.82, 2.24) is 4.98 Å². The number of aromatic nitrogens is 1. The van der Waals surface area contributed by atoms with Gasteiger partial charge in [-0.2, -0.15) is 0 Å². The third-order valence-corrected chi connectivity index (χ3v) is 2.99. The lowest BCUT2D eigenvalue weighted by Crippen LogP contribution is -2.28. The highest BCUT2D eigenvalue weighted by atomic mass is 16.7. The number of nitrogens with zero attached hydrogens (tertiary/aromatic N) is 1. The maximum Gasteiger partial charge on any atom is 0.158 e. The Balaban J connectivity index is 1.64. The first-order chi connectivity index (χ1) is 9.24. The molecule has 5 heteroatoms. The fourth-order valence-corrected chi connectivity index (χ4v) is 2.04. The molecule has 2 atom stereocenters. The van der Waals surface area contributed by atoms with E-state index in [0.717, 1.165) is 25.0 Å². The van der Waals surface area contributed by atoms with Gasteiger partial charge in [-0.1, -0.05) is 0 Å². The van der Waals surface area contributed by atoms with Gasteiger partial charge in [-0.3, -0.25) is 0 Å². The number of pyridine rings is 1. The summed E-state index contributed by atoms with van der Waals surface area (Å²) < 4.78 is 16.9. The van der Waals surface area contributed by atoms with Crippen LogP contribution in [0.4, 0.5) is 5.82 Å². The van der Waals surface area contributed by atoms with E-state index in [-0.39, 0.29) is 12.4 Å². The summed E-state index contributed by atoms with van der Waals surface area (Å²) in [5.41, 5.74) is 6.63. The van der Waals surface area contributed by atoms with Gasteiger partial charge in [0.15, 0.2) is 6.29 Å². The molecule has 0 radical (unpaired) electrons. The maximum absolute atomic E-state index is 5.77. The van der Waals surface area contributed by atoms with Crippen LogP contribution in [0.3, 0.4) is 0 Å². The molecule has 0 aromatic carbocycles. The van der Waals surface area contributed by atoms with Crippen molar-refractivity contribution in [3.63, 3.8) is 0 Å². The second-order valence-corrected chi connectivity index (χ2v) is 4.85. The zero-order valence-corrected chi connectivity index (χ0v) is 11.4. The second kappa shape index (κ2) is 7.43. The Morgan fingerprint density at radius 1 is 1.53 bits per heavy atom. The van der Waals surface area contributed by atoms with Gasteiger partial charge in [0.25, 0.3) is 0 Å². The van der Waals surface area contributed by atoms with Gasteiger partial charge in [0, 0.05) is 12.8 Å². The largest absolute Gasteiger partial charge is 0.384 e. The van der Waals surface area contributed by atoms with Gasteiger partial charge in [0.1, 0.15) is 5.82 Å². The highest BCUT2D eigenvalue weighted by Crippen LogP contribution is 2.15. The summed E-state index contributed by atoms with van der Waals surface area (Å²) in [5, 5.41) is 0. The molecule has 106 valence electrons. The number of anilines is 1. The monoisotopic (exact) mass is 266 g/mol. The second-order valence-electron chi connectivity index (χ2n) is 4.85. The van der Waals surface area contributed by atoms with Crippen molar-refractivity contribution < 1.29 is 14.2 Å². The average molecular weight is 266 g/mol. The SMILES string of the molecule is CC(COCc1ccnc(N)c1)OC1CCCCO1. The van der Waals surface area contributed by atoms with E-state index in [0.29, 0.717) is 19.0 Å². The number of hydrogen-bond donors (Lipinski definition) is 1. The molecule has 1 saturated heterocycles. The zero-order chi connectivity index (χ0) is 13.5. The third-order valence-electron chi connectivity index (χ3n) is 2.99. The van der Waals surface area contributed by atoms with E-state index in [4.69, 9.17) is 19.9 Å². The summed E-state index contributed by atoms with van der Waals surface area (Å²) in [4.78, 5) is 3.94. The number of rotatable bonds is 6. The predicted octanol–water partition coefficient (Wildman–Crippen LogP) is 2.11. The number of nitrogens with two attached hydrogens (primary N) is 1. The van der Waals surface area contributed by atoms with Crippen molar-refractivity contribution in [1.29, 1.82) is 0 Å². The first-order valence-corrected chi connectivity index (χ1v) is 6.79. The van der Waals surface area contributed by atoms with Crippen LogP contribution in [0.25, 0.3) is 0 Å². The molecule has 0 aliphatic carbocycles. The number of nitrogen functional groups attached to an aromatic ring is 1. The van der Waals surface area contributed by atoms with Crippen LogP contribution in [0, 0.1) is 0 Å². The molecule has 19 heavy (non-hydrogen) atoms. The summed E-state index contributed by atoms with van der Waals surface area (Å²) in [6, 6.07) is 3.71. The van der Waals surface area contributed by atoms with Crippen molar-refractivity contribution in [3.8, 4) is 0 Å². The molecule has 1 fully saturated rings. The molecule has 2 N–H and O–H groups in total. The summed E-state index contributed by atoms with van der Waals surface area (Å²) in [7, 11) is 0. The molecular formula is C14H22N2O3. The minimum atomic E-state index is -0.0658. The lowest BCUT2D eigenvalue weighted by atomic mass is 10.2. The van der Waals surface area contributed by atoms with Crippen LogP contribution in [0.15, 0.2) is 18.3 Å². The molecule has 2 unspecified atom stereocenters. The van der Waals surface area contributed by atoms with E-state index < -0.39 is 0 Å². The standard InChI is InChI=1S/C14H22N2O3/c1-11(19-14-4-2-3-7-18-14)9-17-10-12-5-6-16-13(15)8-12/h5-6,8,11,14H,2-4,7,9-10H2,1H3,(H2,15,16). The molecule has 1 aromatic rings. The molecule has 0 amide bonds. The Bertz CT molecular complexity index is 381. The molecule has 2 heterocycles. The van der Waals surface area contributed by atoms with Crippen molar-refractivity contribution in [2.45, 2.75) is 45.2 Å². The van der Waals surface area contributed by atoms with Crippen molar-refractivity contribution in [2.75, 3.05) is 18.9 Å². The molecule has 1 aromatic heterocycles. The van der Waals surface area contributed by atoms with E-state index in [1.807, 2.05) is 19.1 Å². The smallest absolute Gasteiger partial charge is 0.158 e. The molecule has 0 saturated carbocycles. The lowest BCUT2D eigenvalue weighted by Gasteiger charge is -2.25. The highest BCUT2D eigenvalue weighted by Gasteiger charge is 2.17. The topological polar surface area (TPSA) is 66.6 Å². The molecule has 0 bridgehead atoms. The van der Waals surface area contributed by atoms with Crippen LogP contribution in [-0.2, 0) is 20.8 Å². The van der Waals surface area contributed by atoms with Gasteiger partial charge < -0.3 is 19.9 Å². The van der Waals surface area contributed by atoms with Crippen LogP contribution in [0.2, 0.25) is 0 Å². The number of hydrogen-bond acceptors (Lipinski definition) is 5. The van der Waals surface area contributed by atoms with Gasteiger partial charge in [-0.15, -0.1) is 0 Å². The van der Waals surface area contributed by atoms with Gasteiger partial charge >= 0.3 is 0 Å². The number of ether oxygens (including phenoxy) is 3. The van der Waals surface area contributed by atoms with Crippen LogP contribution >= 0.6 is 0 Å². The van der Waals surface area contributed by atoms with Crippen molar-refractivity contribution >= 4 is 5.82 Å². The normalized spacial score (nSPS) is 21.2. The summed E-state index contributed by atoms with van der Waals surface area (Å²) in [6.07, 6.45) is 4.93. The maximum atomic E-state index is 5.77. The van der Waals surface area contributed by atoms with E-state index >= 15 is 0 Å². The van der Waals surface area contributed by atoms with Gasteiger partial charge in [0.05, 0.1) is 19.3 Å². The molecule has 5 nitrogen and oxygen atoms in total. The first-order valence-electron chi connectivity index (χ1n) is 6.79. The summed E-state index contributed by atoms with van der Waals surface area (Å²) in [6.45, 7) is 3.86. The van der Waals surface area contributed by atoms with Crippen LogP contribution in [0.5, 0.6) is 0 Å². The molecule has 2 rings (SSSR count). The molecule has 1 aliphatic rings. The first kappa shape index (κ1) is 14.2. The zero-order valence-electron chi connectivity index (χ0n) is 11.4. The summed E-state index contributed by atoms with van der Waals surface area (Å²) >= 11 is 0. The highest BCUT2D eigenvalue weighted by molar-refractivity contribution is 5.31. The van der Waals surface area contributed by atoms with Gasteiger partial charge in [-0.25, -0.2) is 4.98 Å². The Morgan fingerprint density at radius 3 is 3.16 bits per heavy atom. The minimum absolute atomic E-state index is 0.0299. The van der Waals surface area contributed by atoms with Gasteiger partial charge in [0.2, 0.25) is 0 Å². The third kappa shape index (κ3) is 5.14. The minimum Gasteiger partial charge on any atom is -0.384 e. The quantitative estimate of drug-likeness (QED) is 0.854. The fraction of sp³-hybridized carbons (Fsp3) is 0.643. The van der Waals surface area contributed by atoms with Crippen molar-refractivity contribution in [2.24, 2.45) is 0 Å². The molecular weight excluding hydrogens is 244 g/mol. The van der Waals surface area contributed by atoms with Crippen LogP contribution in [0.1, 0.15) is 31.7 Å². The molecule has 0 spiro atoms. The predicted molar refractivity (Wildman–Crippen MR) is 72.4 cm³/mol. The lowest BCUT2D eigenvalue weighted by molar-refractivity contribution is -0.194. The van der Waals surface area contributed by atoms with E-state index in [9.17, 15) is 0 Å². The van der Waals surface area contributed by atoms with E-state index in [1.54, 1.807) is 6.20 Å². The van der Waals surface area contributed by atoms with Crippen molar-refractivity contribution in [3.05, 3.63) is 23.9 Å². The Kier molecular flexibility index (Phi) is 5.57. The fourth-order valence-electron chi connectivity index (χ4n) is 2.04. The van der Waals surface area contributed by atoms with Gasteiger partial charge in [-0.05, 0) is 43.9 Å². The molecule has 1 aliphatic heterocycles. The van der Waals surface area contributed by atoms with E-state index in [2.05, 4.69) is 4.98 Å². The Labute approximate surface area is 114 Å². The Hall–Kier alpha value is -1.17. The summed E-state index contributed by atoms with van der Waals surface area (Å²) in [5.74, 6) is 0.515.